The molecule has 0 aliphatic carbocycles. The molecule has 0 radical (unpaired) electrons. The van der Waals surface area contributed by atoms with E-state index in [1.807, 2.05) is 30.3 Å². The second-order valence-corrected chi connectivity index (χ2v) is 4.24. The number of aliphatic hydroxyl groups is 2. The maximum absolute atomic E-state index is 9.79. The van der Waals surface area contributed by atoms with Crippen LogP contribution in [0.3, 0.4) is 0 Å². The molecule has 6 heteroatoms. The molecule has 0 aliphatic heterocycles. The minimum absolute atomic E-state index is 0.152. The van der Waals surface area contributed by atoms with Gasteiger partial charge < -0.3 is 14.9 Å². The molecule has 1 atom stereocenters. The fraction of sp³-hybridized carbons (Fsp3) is 0.385. The van der Waals surface area contributed by atoms with Gasteiger partial charge in [-0.1, -0.05) is 35.5 Å². The van der Waals surface area contributed by atoms with E-state index in [4.69, 9.17) is 9.84 Å². The third-order valence-electron chi connectivity index (χ3n) is 2.57. The van der Waals surface area contributed by atoms with Crippen LogP contribution in [0.5, 0.6) is 0 Å². The largest absolute Gasteiger partial charge is 0.390 e. The molecule has 1 heterocycles. The van der Waals surface area contributed by atoms with Gasteiger partial charge in [0, 0.05) is 0 Å². The minimum atomic E-state index is -0.656. The Bertz CT molecular complexity index is 487. The van der Waals surface area contributed by atoms with Crippen molar-refractivity contribution >= 4 is 0 Å². The molecule has 102 valence electrons. The SMILES string of the molecule is OCc1cn(CC(O)COCc2ccccc2)nn1. The van der Waals surface area contributed by atoms with E-state index in [2.05, 4.69) is 10.3 Å². The highest BCUT2D eigenvalue weighted by Crippen LogP contribution is 2.02. The van der Waals surface area contributed by atoms with Gasteiger partial charge in [-0.25, -0.2) is 4.68 Å². The molecular formula is C13H17N3O3. The summed E-state index contributed by atoms with van der Waals surface area (Å²) in [5.41, 5.74) is 1.55. The van der Waals surface area contributed by atoms with Crippen LogP contribution in [0, 0.1) is 0 Å². The van der Waals surface area contributed by atoms with Crippen molar-refractivity contribution in [1.29, 1.82) is 0 Å². The topological polar surface area (TPSA) is 80.4 Å². The second-order valence-electron chi connectivity index (χ2n) is 4.24. The molecule has 1 aromatic carbocycles. The van der Waals surface area contributed by atoms with Crippen LogP contribution in [0.1, 0.15) is 11.3 Å². The molecule has 6 nitrogen and oxygen atoms in total. The molecule has 2 aromatic rings. The van der Waals surface area contributed by atoms with Crippen LogP contribution in [0.2, 0.25) is 0 Å². The number of hydrogen-bond acceptors (Lipinski definition) is 5. The zero-order chi connectivity index (χ0) is 13.5. The number of aromatic nitrogens is 3. The van der Waals surface area contributed by atoms with Gasteiger partial charge in [-0.2, -0.15) is 0 Å². The summed E-state index contributed by atoms with van der Waals surface area (Å²) < 4.78 is 6.91. The van der Waals surface area contributed by atoms with Crippen molar-refractivity contribution in [2.24, 2.45) is 0 Å². The van der Waals surface area contributed by atoms with E-state index in [1.54, 1.807) is 6.20 Å². The van der Waals surface area contributed by atoms with Crippen LogP contribution >= 0.6 is 0 Å². The predicted molar refractivity (Wildman–Crippen MR) is 68.0 cm³/mol. The maximum atomic E-state index is 9.79. The normalized spacial score (nSPS) is 12.5. The van der Waals surface area contributed by atoms with E-state index in [1.165, 1.54) is 4.68 Å². The average Bonchev–Trinajstić information content (AvgIpc) is 2.87. The predicted octanol–water partition coefficient (Wildman–Crippen LogP) is 0.348. The molecule has 0 spiro atoms. The third-order valence-corrected chi connectivity index (χ3v) is 2.57. The van der Waals surface area contributed by atoms with Crippen LogP contribution in [0.15, 0.2) is 36.5 Å². The Morgan fingerprint density at radius 3 is 2.74 bits per heavy atom. The first-order chi connectivity index (χ1) is 9.28. The summed E-state index contributed by atoms with van der Waals surface area (Å²) in [6, 6.07) is 9.78. The molecular weight excluding hydrogens is 246 g/mol. The van der Waals surface area contributed by atoms with Crippen LogP contribution in [0.4, 0.5) is 0 Å². The van der Waals surface area contributed by atoms with E-state index < -0.39 is 6.10 Å². The summed E-state index contributed by atoms with van der Waals surface area (Å²) in [6.07, 6.45) is 0.942. The number of ether oxygens (including phenoxy) is 1. The first kappa shape index (κ1) is 13.7. The van der Waals surface area contributed by atoms with E-state index in [0.29, 0.717) is 18.8 Å². The minimum Gasteiger partial charge on any atom is -0.390 e. The van der Waals surface area contributed by atoms with E-state index in [0.717, 1.165) is 5.56 Å². The maximum Gasteiger partial charge on any atom is 0.108 e. The smallest absolute Gasteiger partial charge is 0.108 e. The second kappa shape index (κ2) is 6.98. The Morgan fingerprint density at radius 1 is 1.26 bits per heavy atom. The molecule has 2 rings (SSSR count). The number of hydrogen-bond donors (Lipinski definition) is 2. The Kier molecular flexibility index (Phi) is 5.02. The van der Waals surface area contributed by atoms with Gasteiger partial charge in [0.25, 0.3) is 0 Å². The molecule has 0 saturated carbocycles. The quantitative estimate of drug-likeness (QED) is 0.753. The number of aliphatic hydroxyl groups excluding tert-OH is 2. The standard InChI is InChI=1S/C13H17N3O3/c17-8-12-6-16(15-14-12)7-13(18)10-19-9-11-4-2-1-3-5-11/h1-6,13,17-18H,7-10H2. The fourth-order valence-corrected chi connectivity index (χ4v) is 1.66. The lowest BCUT2D eigenvalue weighted by Gasteiger charge is -2.10. The Morgan fingerprint density at radius 2 is 2.05 bits per heavy atom. The Balaban J connectivity index is 1.71. The van der Waals surface area contributed by atoms with Gasteiger partial charge in [0.2, 0.25) is 0 Å². The first-order valence-electron chi connectivity index (χ1n) is 6.07. The van der Waals surface area contributed by atoms with E-state index in [9.17, 15) is 5.11 Å². The summed E-state index contributed by atoms with van der Waals surface area (Å²) in [4.78, 5) is 0. The first-order valence-corrected chi connectivity index (χ1v) is 6.07. The van der Waals surface area contributed by atoms with Crippen LogP contribution < -0.4 is 0 Å². The molecule has 0 fully saturated rings. The van der Waals surface area contributed by atoms with Gasteiger partial charge in [-0.3, -0.25) is 0 Å². The van der Waals surface area contributed by atoms with Gasteiger partial charge in [0.15, 0.2) is 0 Å². The van der Waals surface area contributed by atoms with Gasteiger partial charge in [-0.05, 0) is 5.56 Å². The molecule has 0 saturated heterocycles. The fourth-order valence-electron chi connectivity index (χ4n) is 1.66. The lowest BCUT2D eigenvalue weighted by Crippen LogP contribution is -2.22. The molecule has 1 aromatic heterocycles. The van der Waals surface area contributed by atoms with Gasteiger partial charge in [0.05, 0.1) is 38.7 Å². The highest BCUT2D eigenvalue weighted by atomic mass is 16.5. The van der Waals surface area contributed by atoms with Crippen molar-refractivity contribution in [3.8, 4) is 0 Å². The molecule has 0 aliphatic rings. The lowest BCUT2D eigenvalue weighted by molar-refractivity contribution is 0.0184. The Labute approximate surface area is 111 Å². The molecule has 2 N–H and O–H groups in total. The van der Waals surface area contributed by atoms with Crippen molar-refractivity contribution in [1.82, 2.24) is 15.0 Å². The van der Waals surface area contributed by atoms with Gasteiger partial charge >= 0.3 is 0 Å². The third kappa shape index (κ3) is 4.44. The number of benzene rings is 1. The summed E-state index contributed by atoms with van der Waals surface area (Å²) >= 11 is 0. The van der Waals surface area contributed by atoms with E-state index in [-0.39, 0.29) is 13.2 Å². The van der Waals surface area contributed by atoms with Crippen LogP contribution in [-0.4, -0.2) is 37.9 Å². The Hall–Kier alpha value is -1.76. The summed E-state index contributed by atoms with van der Waals surface area (Å²) in [5, 5.41) is 26.1. The van der Waals surface area contributed by atoms with Gasteiger partial charge in [0.1, 0.15) is 5.69 Å². The number of rotatable bonds is 7. The molecule has 0 amide bonds. The zero-order valence-electron chi connectivity index (χ0n) is 10.5. The molecule has 19 heavy (non-hydrogen) atoms. The monoisotopic (exact) mass is 263 g/mol. The highest BCUT2D eigenvalue weighted by molar-refractivity contribution is 5.13. The highest BCUT2D eigenvalue weighted by Gasteiger charge is 2.07. The van der Waals surface area contributed by atoms with Crippen molar-refractivity contribution in [2.45, 2.75) is 25.9 Å². The van der Waals surface area contributed by atoms with Crippen molar-refractivity contribution < 1.29 is 14.9 Å². The van der Waals surface area contributed by atoms with Crippen LogP contribution in [-0.2, 0) is 24.5 Å². The average molecular weight is 263 g/mol. The van der Waals surface area contributed by atoms with Gasteiger partial charge in [-0.15, -0.1) is 5.10 Å². The zero-order valence-corrected chi connectivity index (χ0v) is 10.5. The van der Waals surface area contributed by atoms with Crippen molar-refractivity contribution in [3.05, 3.63) is 47.8 Å². The lowest BCUT2D eigenvalue weighted by atomic mass is 10.2. The molecule has 1 unspecified atom stereocenters. The van der Waals surface area contributed by atoms with Crippen LogP contribution in [0.25, 0.3) is 0 Å². The summed E-state index contributed by atoms with van der Waals surface area (Å²) in [5.74, 6) is 0. The van der Waals surface area contributed by atoms with Crippen molar-refractivity contribution in [2.75, 3.05) is 6.61 Å². The number of nitrogens with zero attached hydrogens (tertiary/aromatic N) is 3. The van der Waals surface area contributed by atoms with Crippen molar-refractivity contribution in [3.63, 3.8) is 0 Å². The summed E-state index contributed by atoms with van der Waals surface area (Å²) in [6.45, 7) is 0.836. The molecule has 0 bridgehead atoms. The summed E-state index contributed by atoms with van der Waals surface area (Å²) in [7, 11) is 0. The van der Waals surface area contributed by atoms with E-state index >= 15 is 0 Å².